The van der Waals surface area contributed by atoms with Crippen molar-refractivity contribution in [2.75, 3.05) is 18.5 Å². The molecule has 0 atom stereocenters. The molecule has 0 aliphatic heterocycles. The molecule has 0 bridgehead atoms. The van der Waals surface area contributed by atoms with Crippen molar-refractivity contribution in [2.24, 2.45) is 0 Å². The van der Waals surface area contributed by atoms with E-state index in [1.165, 1.54) is 18.2 Å². The number of ether oxygens (including phenoxy) is 2. The fourth-order valence-electron chi connectivity index (χ4n) is 2.25. The summed E-state index contributed by atoms with van der Waals surface area (Å²) < 4.78 is 48.2. The Labute approximate surface area is 154 Å². The van der Waals surface area contributed by atoms with Gasteiger partial charge in [-0.15, -0.1) is 0 Å². The minimum atomic E-state index is -4.47. The molecule has 0 aliphatic rings. The number of carbonyl (C=O) groups excluding carboxylic acids is 2. The number of rotatable bonds is 6. The zero-order valence-electron chi connectivity index (χ0n) is 14.7. The van der Waals surface area contributed by atoms with Gasteiger partial charge in [0.2, 0.25) is 0 Å². The molecule has 2 aromatic rings. The average molecular weight is 381 g/mol. The maximum atomic E-state index is 12.6. The maximum absolute atomic E-state index is 12.6. The van der Waals surface area contributed by atoms with Gasteiger partial charge in [-0.1, -0.05) is 0 Å². The monoisotopic (exact) mass is 381 g/mol. The third kappa shape index (κ3) is 5.22. The van der Waals surface area contributed by atoms with Gasteiger partial charge in [0.1, 0.15) is 5.75 Å². The zero-order valence-corrected chi connectivity index (χ0v) is 14.7. The first kappa shape index (κ1) is 20.3. The lowest BCUT2D eigenvalue weighted by molar-refractivity contribution is -0.137. The first-order valence-electron chi connectivity index (χ1n) is 8.18. The molecule has 0 aromatic heterocycles. The van der Waals surface area contributed by atoms with Crippen molar-refractivity contribution in [2.45, 2.75) is 20.0 Å². The number of amides is 1. The van der Waals surface area contributed by atoms with Crippen LogP contribution < -0.4 is 10.1 Å². The number of anilines is 1. The molecule has 0 fully saturated rings. The van der Waals surface area contributed by atoms with E-state index in [1.54, 1.807) is 13.8 Å². The number of hydrogen-bond acceptors (Lipinski definition) is 4. The molecule has 0 heterocycles. The van der Waals surface area contributed by atoms with Crippen LogP contribution in [-0.2, 0) is 10.9 Å². The minimum absolute atomic E-state index is 0.0555. The minimum Gasteiger partial charge on any atom is -0.492 e. The summed E-state index contributed by atoms with van der Waals surface area (Å²) in [6.07, 6.45) is -4.47. The molecule has 0 saturated heterocycles. The van der Waals surface area contributed by atoms with E-state index in [-0.39, 0.29) is 35.8 Å². The van der Waals surface area contributed by atoms with Crippen molar-refractivity contribution in [3.05, 3.63) is 59.2 Å². The van der Waals surface area contributed by atoms with Gasteiger partial charge < -0.3 is 14.8 Å². The summed E-state index contributed by atoms with van der Waals surface area (Å²) in [4.78, 5) is 24.1. The molecule has 27 heavy (non-hydrogen) atoms. The van der Waals surface area contributed by atoms with E-state index in [0.717, 1.165) is 24.3 Å². The van der Waals surface area contributed by atoms with Crippen molar-refractivity contribution < 1.29 is 32.2 Å². The normalized spacial score (nSPS) is 11.0. The van der Waals surface area contributed by atoms with Gasteiger partial charge in [-0.05, 0) is 56.3 Å². The second-order valence-electron chi connectivity index (χ2n) is 5.39. The van der Waals surface area contributed by atoms with Crippen LogP contribution in [0.4, 0.5) is 18.9 Å². The smallest absolute Gasteiger partial charge is 0.416 e. The van der Waals surface area contributed by atoms with Crippen LogP contribution in [0, 0.1) is 0 Å². The van der Waals surface area contributed by atoms with E-state index in [9.17, 15) is 22.8 Å². The Bertz CT molecular complexity index is 817. The highest BCUT2D eigenvalue weighted by molar-refractivity contribution is 6.05. The first-order valence-corrected chi connectivity index (χ1v) is 8.18. The average Bonchev–Trinajstić information content (AvgIpc) is 2.63. The van der Waals surface area contributed by atoms with E-state index in [1.807, 2.05) is 0 Å². The maximum Gasteiger partial charge on any atom is 0.416 e. The molecule has 0 unspecified atom stereocenters. The lowest BCUT2D eigenvalue weighted by Gasteiger charge is -2.13. The molecule has 2 aromatic carbocycles. The second kappa shape index (κ2) is 8.57. The van der Waals surface area contributed by atoms with Crippen molar-refractivity contribution in [3.8, 4) is 5.75 Å². The molecule has 5 nitrogen and oxygen atoms in total. The van der Waals surface area contributed by atoms with Crippen LogP contribution in [0.2, 0.25) is 0 Å². The van der Waals surface area contributed by atoms with Crippen LogP contribution in [0.3, 0.4) is 0 Å². The number of alkyl halides is 3. The number of esters is 1. The molecule has 0 radical (unpaired) electrons. The van der Waals surface area contributed by atoms with Gasteiger partial charge in [0.25, 0.3) is 5.91 Å². The molecule has 0 spiro atoms. The van der Waals surface area contributed by atoms with E-state index < -0.39 is 23.6 Å². The van der Waals surface area contributed by atoms with Crippen molar-refractivity contribution in [1.29, 1.82) is 0 Å². The molecular formula is C19H18F3NO4. The zero-order chi connectivity index (χ0) is 20.0. The summed E-state index contributed by atoms with van der Waals surface area (Å²) >= 11 is 0. The molecule has 8 heteroatoms. The standard InChI is InChI=1S/C19H18F3NO4/c1-3-26-16-11-13(18(25)27-4-2)7-10-15(16)23-17(24)12-5-8-14(9-6-12)19(20,21)22/h5-11H,3-4H2,1-2H3,(H,23,24). The predicted molar refractivity (Wildman–Crippen MR) is 93.0 cm³/mol. The van der Waals surface area contributed by atoms with Crippen LogP contribution in [0.25, 0.3) is 0 Å². The van der Waals surface area contributed by atoms with E-state index in [2.05, 4.69) is 5.32 Å². The molecule has 1 N–H and O–H groups in total. The first-order chi connectivity index (χ1) is 12.8. The molecule has 0 saturated carbocycles. The summed E-state index contributed by atoms with van der Waals surface area (Å²) in [6, 6.07) is 8.22. The van der Waals surface area contributed by atoms with Gasteiger partial charge in [-0.3, -0.25) is 4.79 Å². The predicted octanol–water partition coefficient (Wildman–Crippen LogP) is 4.53. The molecule has 2 rings (SSSR count). The highest BCUT2D eigenvalue weighted by Gasteiger charge is 2.30. The van der Waals surface area contributed by atoms with Gasteiger partial charge >= 0.3 is 12.1 Å². The van der Waals surface area contributed by atoms with Gasteiger partial charge in [0, 0.05) is 5.56 Å². The Morgan fingerprint density at radius 1 is 0.963 bits per heavy atom. The van der Waals surface area contributed by atoms with Crippen LogP contribution >= 0.6 is 0 Å². The van der Waals surface area contributed by atoms with E-state index in [0.29, 0.717) is 0 Å². The Morgan fingerprint density at radius 2 is 1.59 bits per heavy atom. The quantitative estimate of drug-likeness (QED) is 0.747. The molecule has 1 amide bonds. The number of benzene rings is 2. The molecule has 0 aliphatic carbocycles. The Hall–Kier alpha value is -3.03. The van der Waals surface area contributed by atoms with Crippen LogP contribution in [0.15, 0.2) is 42.5 Å². The van der Waals surface area contributed by atoms with Gasteiger partial charge in [-0.2, -0.15) is 13.2 Å². The van der Waals surface area contributed by atoms with Gasteiger partial charge in [0.15, 0.2) is 0 Å². The van der Waals surface area contributed by atoms with Crippen LogP contribution in [0.5, 0.6) is 5.75 Å². The summed E-state index contributed by atoms with van der Waals surface area (Å²) in [5, 5.41) is 2.57. The van der Waals surface area contributed by atoms with Gasteiger partial charge in [-0.25, -0.2) is 4.79 Å². The highest BCUT2D eigenvalue weighted by atomic mass is 19.4. The van der Waals surface area contributed by atoms with Gasteiger partial charge in [0.05, 0.1) is 30.0 Å². The highest BCUT2D eigenvalue weighted by Crippen LogP contribution is 2.30. The fourth-order valence-corrected chi connectivity index (χ4v) is 2.25. The van der Waals surface area contributed by atoms with Crippen LogP contribution in [0.1, 0.15) is 40.1 Å². The molecular weight excluding hydrogens is 363 g/mol. The lowest BCUT2D eigenvalue weighted by Crippen LogP contribution is -2.14. The van der Waals surface area contributed by atoms with E-state index >= 15 is 0 Å². The summed E-state index contributed by atoms with van der Waals surface area (Å²) in [5.74, 6) is -0.879. The van der Waals surface area contributed by atoms with Crippen molar-refractivity contribution in [3.63, 3.8) is 0 Å². The summed E-state index contributed by atoms with van der Waals surface area (Å²) in [6.45, 7) is 3.92. The third-order valence-electron chi connectivity index (χ3n) is 3.52. The number of nitrogens with one attached hydrogen (secondary N) is 1. The Balaban J connectivity index is 2.22. The van der Waals surface area contributed by atoms with Crippen molar-refractivity contribution in [1.82, 2.24) is 0 Å². The summed E-state index contributed by atoms with van der Waals surface area (Å²) in [5.41, 5.74) is -0.240. The number of hydrogen-bond donors (Lipinski definition) is 1. The van der Waals surface area contributed by atoms with Crippen LogP contribution in [-0.4, -0.2) is 25.1 Å². The Morgan fingerprint density at radius 3 is 2.15 bits per heavy atom. The SMILES string of the molecule is CCOC(=O)c1ccc(NC(=O)c2ccc(C(F)(F)F)cc2)c(OCC)c1. The third-order valence-corrected chi connectivity index (χ3v) is 3.52. The largest absolute Gasteiger partial charge is 0.492 e. The number of halogens is 3. The lowest BCUT2D eigenvalue weighted by atomic mass is 10.1. The molecule has 144 valence electrons. The fraction of sp³-hybridized carbons (Fsp3) is 0.263. The summed E-state index contributed by atoms with van der Waals surface area (Å²) in [7, 11) is 0. The van der Waals surface area contributed by atoms with E-state index in [4.69, 9.17) is 9.47 Å². The Kier molecular flexibility index (Phi) is 6.44. The topological polar surface area (TPSA) is 64.6 Å². The second-order valence-corrected chi connectivity index (χ2v) is 5.39. The number of carbonyl (C=O) groups is 2. The van der Waals surface area contributed by atoms with Crippen molar-refractivity contribution >= 4 is 17.6 Å².